The van der Waals surface area contributed by atoms with Crippen molar-refractivity contribution in [3.05, 3.63) is 60.3 Å². The summed E-state index contributed by atoms with van der Waals surface area (Å²) in [5, 5.41) is 9.23. The number of nitrogens with zero attached hydrogens (tertiary/aromatic N) is 2. The molecule has 0 aliphatic rings. The zero-order valence-corrected chi connectivity index (χ0v) is 15.1. The van der Waals surface area contributed by atoms with E-state index in [2.05, 4.69) is 5.10 Å². The molecule has 5 nitrogen and oxygen atoms in total. The molecule has 0 bridgehead atoms. The van der Waals surface area contributed by atoms with Crippen LogP contribution in [0.2, 0.25) is 0 Å². The Bertz CT molecular complexity index is 1060. The number of hydrogen-bond acceptors (Lipinski definition) is 3. The summed E-state index contributed by atoms with van der Waals surface area (Å²) in [5.41, 5.74) is -0.0413. The largest absolute Gasteiger partial charge is 0.433 e. The van der Waals surface area contributed by atoms with Crippen molar-refractivity contribution >= 4 is 10.0 Å². The minimum absolute atomic E-state index is 0.0317. The molecule has 0 atom stereocenters. The first-order valence-corrected chi connectivity index (χ1v) is 9.54. The van der Waals surface area contributed by atoms with Crippen molar-refractivity contribution in [2.24, 2.45) is 5.14 Å². The molecule has 3 aromatic rings. The van der Waals surface area contributed by atoms with Crippen molar-refractivity contribution in [1.29, 1.82) is 0 Å². The number of alkyl halides is 3. The number of primary sulfonamides is 1. The van der Waals surface area contributed by atoms with Gasteiger partial charge < -0.3 is 0 Å². The number of rotatable bonds is 4. The Balaban J connectivity index is 2.29. The monoisotopic (exact) mass is 395 g/mol. The maximum absolute atomic E-state index is 13.8. The molecule has 0 amide bonds. The van der Waals surface area contributed by atoms with Crippen LogP contribution in [0, 0.1) is 0 Å². The minimum atomic E-state index is -4.60. The number of hydrogen-bond donors (Lipinski definition) is 1. The van der Waals surface area contributed by atoms with E-state index in [0.29, 0.717) is 11.1 Å². The first kappa shape index (κ1) is 19.1. The van der Waals surface area contributed by atoms with Gasteiger partial charge in [0, 0.05) is 17.7 Å². The first-order chi connectivity index (χ1) is 12.6. The second-order valence-electron chi connectivity index (χ2n) is 5.82. The molecule has 1 heterocycles. The molecule has 0 radical (unpaired) electrons. The molecule has 3 rings (SSSR count). The van der Waals surface area contributed by atoms with E-state index in [1.165, 1.54) is 24.3 Å². The summed E-state index contributed by atoms with van der Waals surface area (Å²) in [4.78, 5) is -0.126. The van der Waals surface area contributed by atoms with Crippen LogP contribution in [0.1, 0.15) is 12.6 Å². The van der Waals surface area contributed by atoms with Crippen LogP contribution in [-0.2, 0) is 22.7 Å². The highest BCUT2D eigenvalue weighted by Gasteiger charge is 2.40. The van der Waals surface area contributed by atoms with Gasteiger partial charge in [0.1, 0.15) is 5.69 Å². The van der Waals surface area contributed by atoms with E-state index in [-0.39, 0.29) is 22.7 Å². The Labute approximate surface area is 154 Å². The second kappa shape index (κ2) is 6.82. The SMILES string of the molecule is CCn1nc(-c2ccc(S(N)(=O)=O)cc2)c(-c2ccccc2)c1C(F)(F)F. The average Bonchev–Trinajstić information content (AvgIpc) is 3.02. The Kier molecular flexibility index (Phi) is 4.83. The summed E-state index contributed by atoms with van der Waals surface area (Å²) in [6.07, 6.45) is -4.60. The topological polar surface area (TPSA) is 78.0 Å². The van der Waals surface area contributed by atoms with Crippen molar-refractivity contribution in [1.82, 2.24) is 9.78 Å². The van der Waals surface area contributed by atoms with Gasteiger partial charge in [-0.05, 0) is 24.6 Å². The number of nitrogens with two attached hydrogens (primary N) is 1. The van der Waals surface area contributed by atoms with Crippen LogP contribution in [0.5, 0.6) is 0 Å². The van der Waals surface area contributed by atoms with Gasteiger partial charge in [-0.2, -0.15) is 18.3 Å². The molecule has 27 heavy (non-hydrogen) atoms. The third kappa shape index (κ3) is 3.74. The number of halogens is 3. The van der Waals surface area contributed by atoms with Crippen LogP contribution in [0.15, 0.2) is 59.5 Å². The van der Waals surface area contributed by atoms with Gasteiger partial charge in [0.25, 0.3) is 0 Å². The smallest absolute Gasteiger partial charge is 0.260 e. The van der Waals surface area contributed by atoms with Gasteiger partial charge in [-0.15, -0.1) is 0 Å². The number of benzene rings is 2. The van der Waals surface area contributed by atoms with Gasteiger partial charge in [-0.1, -0.05) is 42.5 Å². The third-order valence-corrected chi connectivity index (χ3v) is 4.97. The van der Waals surface area contributed by atoms with E-state index in [4.69, 9.17) is 5.14 Å². The number of aryl methyl sites for hydroxylation is 1. The lowest BCUT2D eigenvalue weighted by Crippen LogP contribution is -2.14. The Morgan fingerprint density at radius 1 is 1.00 bits per heavy atom. The second-order valence-corrected chi connectivity index (χ2v) is 7.38. The molecule has 2 N–H and O–H groups in total. The normalized spacial score (nSPS) is 12.3. The lowest BCUT2D eigenvalue weighted by atomic mass is 9.98. The van der Waals surface area contributed by atoms with E-state index in [9.17, 15) is 21.6 Å². The van der Waals surface area contributed by atoms with Gasteiger partial charge in [0.2, 0.25) is 10.0 Å². The van der Waals surface area contributed by atoms with Crippen molar-refractivity contribution in [3.63, 3.8) is 0 Å². The van der Waals surface area contributed by atoms with E-state index in [1.807, 2.05) is 0 Å². The maximum atomic E-state index is 13.8. The molecule has 142 valence electrons. The molecule has 0 aliphatic carbocycles. The quantitative estimate of drug-likeness (QED) is 0.728. The molecule has 9 heteroatoms. The molecule has 1 aromatic heterocycles. The standard InChI is InChI=1S/C18H16F3N3O2S/c1-2-24-17(18(19,20)21)15(12-6-4-3-5-7-12)16(23-24)13-8-10-14(11-9-13)27(22,25)26/h3-11H,2H2,1H3,(H2,22,25,26). The van der Waals surface area contributed by atoms with E-state index in [1.54, 1.807) is 37.3 Å². The van der Waals surface area contributed by atoms with Crippen LogP contribution in [0.4, 0.5) is 13.2 Å². The average molecular weight is 395 g/mol. The maximum Gasteiger partial charge on any atom is 0.433 e. The summed E-state index contributed by atoms with van der Waals surface area (Å²) in [5.74, 6) is 0. The van der Waals surface area contributed by atoms with Crippen molar-refractivity contribution < 1.29 is 21.6 Å². The van der Waals surface area contributed by atoms with Crippen molar-refractivity contribution in [3.8, 4) is 22.4 Å². The summed E-state index contributed by atoms with van der Waals surface area (Å²) in [7, 11) is -3.90. The van der Waals surface area contributed by atoms with Crippen LogP contribution < -0.4 is 5.14 Å². The predicted molar refractivity (Wildman–Crippen MR) is 95.1 cm³/mol. The zero-order valence-electron chi connectivity index (χ0n) is 14.2. The number of sulfonamides is 1. The highest BCUT2D eigenvalue weighted by Crippen LogP contribution is 2.42. The summed E-state index contributed by atoms with van der Waals surface area (Å²) in [6.45, 7) is 1.61. The fraction of sp³-hybridized carbons (Fsp3) is 0.167. The summed E-state index contributed by atoms with van der Waals surface area (Å²) >= 11 is 0. The summed E-state index contributed by atoms with van der Waals surface area (Å²) in [6, 6.07) is 13.4. The zero-order chi connectivity index (χ0) is 19.8. The van der Waals surface area contributed by atoms with Gasteiger partial charge >= 0.3 is 6.18 Å². The van der Waals surface area contributed by atoms with Gasteiger partial charge in [-0.25, -0.2) is 13.6 Å². The fourth-order valence-corrected chi connectivity index (χ4v) is 3.38. The molecule has 0 spiro atoms. The minimum Gasteiger partial charge on any atom is -0.260 e. The van der Waals surface area contributed by atoms with E-state index in [0.717, 1.165) is 4.68 Å². The fourth-order valence-electron chi connectivity index (χ4n) is 2.86. The van der Waals surface area contributed by atoms with Gasteiger partial charge in [0.05, 0.1) is 4.90 Å². The van der Waals surface area contributed by atoms with E-state index >= 15 is 0 Å². The van der Waals surface area contributed by atoms with Crippen LogP contribution in [0.3, 0.4) is 0 Å². The molecule has 0 saturated heterocycles. The van der Waals surface area contributed by atoms with Crippen molar-refractivity contribution in [2.75, 3.05) is 0 Å². The molecular weight excluding hydrogens is 379 g/mol. The molecule has 0 unspecified atom stereocenters. The molecule has 0 saturated carbocycles. The highest BCUT2D eigenvalue weighted by molar-refractivity contribution is 7.89. The Morgan fingerprint density at radius 2 is 1.59 bits per heavy atom. The molecule has 0 aliphatic heterocycles. The highest BCUT2D eigenvalue weighted by atomic mass is 32.2. The van der Waals surface area contributed by atoms with Gasteiger partial charge in [-0.3, -0.25) is 4.68 Å². The van der Waals surface area contributed by atoms with Crippen LogP contribution in [-0.4, -0.2) is 18.2 Å². The molecular formula is C18H16F3N3O2S. The Morgan fingerprint density at radius 3 is 2.07 bits per heavy atom. The lowest BCUT2D eigenvalue weighted by molar-refractivity contribution is -0.143. The summed E-state index contributed by atoms with van der Waals surface area (Å²) < 4.78 is 65.1. The van der Waals surface area contributed by atoms with Gasteiger partial charge in [0.15, 0.2) is 5.69 Å². The predicted octanol–water partition coefficient (Wildman–Crippen LogP) is 3.90. The Hall–Kier alpha value is -2.65. The third-order valence-electron chi connectivity index (χ3n) is 4.04. The van der Waals surface area contributed by atoms with Crippen LogP contribution in [0.25, 0.3) is 22.4 Å². The lowest BCUT2D eigenvalue weighted by Gasteiger charge is -2.12. The molecule has 0 fully saturated rings. The van der Waals surface area contributed by atoms with E-state index < -0.39 is 21.9 Å². The molecule has 2 aromatic carbocycles. The van der Waals surface area contributed by atoms with Crippen molar-refractivity contribution in [2.45, 2.75) is 24.5 Å². The number of aromatic nitrogens is 2. The van der Waals surface area contributed by atoms with Crippen LogP contribution >= 0.6 is 0 Å². The first-order valence-electron chi connectivity index (χ1n) is 7.99.